The van der Waals surface area contributed by atoms with E-state index in [1.807, 2.05) is 0 Å². The zero-order valence-corrected chi connectivity index (χ0v) is 13.7. The van der Waals surface area contributed by atoms with Gasteiger partial charge >= 0.3 is 5.97 Å². The summed E-state index contributed by atoms with van der Waals surface area (Å²) >= 11 is 0. The molecule has 6 nitrogen and oxygen atoms in total. The minimum Gasteiger partial charge on any atom is -0.455 e. The molecule has 118 valence electrons. The third-order valence-corrected chi connectivity index (χ3v) is 5.15. The average molecular weight is 314 g/mol. The average Bonchev–Trinajstić information content (AvgIpc) is 2.94. The van der Waals surface area contributed by atoms with Crippen LogP contribution in [0, 0.1) is 0 Å². The molecule has 2 heterocycles. The summed E-state index contributed by atoms with van der Waals surface area (Å²) < 4.78 is 33.2. The Kier molecular flexibility index (Phi) is 4.17. The first-order valence-electron chi connectivity index (χ1n) is 7.01. The second-order valence-electron chi connectivity index (χ2n) is 6.29. The maximum absolute atomic E-state index is 12.5. The molecule has 1 aromatic rings. The molecular formula is C14H22N2O4S. The number of rotatable bonds is 3. The van der Waals surface area contributed by atoms with E-state index < -0.39 is 21.6 Å². The number of nitrogens with zero attached hydrogens (tertiary/aromatic N) is 2. The Balaban J connectivity index is 2.29. The molecule has 7 heteroatoms. The first kappa shape index (κ1) is 16.0. The molecule has 1 aliphatic heterocycles. The highest BCUT2D eigenvalue weighted by molar-refractivity contribution is 7.89. The Morgan fingerprint density at radius 2 is 1.81 bits per heavy atom. The molecule has 21 heavy (non-hydrogen) atoms. The molecule has 0 amide bonds. The normalized spacial score (nSPS) is 17.1. The van der Waals surface area contributed by atoms with E-state index in [9.17, 15) is 13.2 Å². The minimum absolute atomic E-state index is 0.146. The first-order valence-corrected chi connectivity index (χ1v) is 8.45. The Morgan fingerprint density at radius 1 is 1.24 bits per heavy atom. The molecule has 0 aromatic carbocycles. The second-order valence-corrected chi connectivity index (χ2v) is 8.22. The summed E-state index contributed by atoms with van der Waals surface area (Å²) in [6, 6.07) is 1.39. The van der Waals surface area contributed by atoms with E-state index >= 15 is 0 Å². The lowest BCUT2D eigenvalue weighted by Crippen LogP contribution is -2.27. The molecule has 0 aliphatic carbocycles. The highest BCUT2D eigenvalue weighted by atomic mass is 32.2. The van der Waals surface area contributed by atoms with Crippen LogP contribution in [-0.4, -0.2) is 41.9 Å². The number of carbonyl (C=O) groups excluding carboxylic acids is 1. The van der Waals surface area contributed by atoms with Gasteiger partial charge in [0.05, 0.1) is 0 Å². The second kappa shape index (κ2) is 5.46. The van der Waals surface area contributed by atoms with Crippen LogP contribution in [0.15, 0.2) is 17.2 Å². The Hall–Kier alpha value is -1.34. The van der Waals surface area contributed by atoms with Crippen molar-refractivity contribution in [1.29, 1.82) is 0 Å². The van der Waals surface area contributed by atoms with Crippen molar-refractivity contribution in [2.45, 2.75) is 44.1 Å². The van der Waals surface area contributed by atoms with Gasteiger partial charge in [-0.25, -0.2) is 13.2 Å². The van der Waals surface area contributed by atoms with Crippen molar-refractivity contribution in [3.63, 3.8) is 0 Å². The van der Waals surface area contributed by atoms with E-state index in [0.29, 0.717) is 13.1 Å². The van der Waals surface area contributed by atoms with Gasteiger partial charge in [-0.2, -0.15) is 4.31 Å². The van der Waals surface area contributed by atoms with Gasteiger partial charge in [0.25, 0.3) is 0 Å². The number of carbonyl (C=O) groups is 1. The van der Waals surface area contributed by atoms with E-state index in [2.05, 4.69) is 0 Å². The maximum atomic E-state index is 12.5. The van der Waals surface area contributed by atoms with E-state index in [4.69, 9.17) is 4.74 Å². The van der Waals surface area contributed by atoms with E-state index in [0.717, 1.165) is 12.8 Å². The molecule has 0 spiro atoms. The maximum Gasteiger partial charge on any atom is 0.355 e. The molecule has 0 saturated carbocycles. The van der Waals surface area contributed by atoms with E-state index in [1.54, 1.807) is 27.8 Å². The molecule has 2 rings (SSSR count). The largest absolute Gasteiger partial charge is 0.455 e. The third kappa shape index (κ3) is 3.47. The van der Waals surface area contributed by atoms with Crippen molar-refractivity contribution < 1.29 is 17.9 Å². The molecule has 1 fully saturated rings. The lowest BCUT2D eigenvalue weighted by molar-refractivity contribution is 0.00590. The molecule has 0 unspecified atom stereocenters. The molecule has 0 radical (unpaired) electrons. The summed E-state index contributed by atoms with van der Waals surface area (Å²) in [7, 11) is -1.87. The lowest BCUT2D eigenvalue weighted by Gasteiger charge is -2.19. The van der Waals surface area contributed by atoms with Crippen LogP contribution in [0.4, 0.5) is 0 Å². The molecule has 1 saturated heterocycles. The van der Waals surface area contributed by atoms with Crippen LogP contribution in [-0.2, 0) is 21.8 Å². The molecule has 0 bridgehead atoms. The summed E-state index contributed by atoms with van der Waals surface area (Å²) in [4.78, 5) is 12.2. The van der Waals surface area contributed by atoms with Crippen LogP contribution in [0.5, 0.6) is 0 Å². The van der Waals surface area contributed by atoms with E-state index in [1.165, 1.54) is 21.1 Å². The van der Waals surface area contributed by atoms with Gasteiger partial charge in [0, 0.05) is 26.3 Å². The standard InChI is InChI=1S/C14H22N2O4S/c1-14(2,3)20-13(17)12-9-11(10-15(12)4)21(18,19)16-7-5-6-8-16/h9-10H,5-8H2,1-4H3. The van der Waals surface area contributed by atoms with Crippen LogP contribution in [0.25, 0.3) is 0 Å². The Morgan fingerprint density at radius 3 is 2.33 bits per heavy atom. The van der Waals surface area contributed by atoms with Gasteiger partial charge in [-0.05, 0) is 39.7 Å². The Labute approximate surface area is 125 Å². The summed E-state index contributed by atoms with van der Waals surface area (Å²) in [5, 5.41) is 0. The summed E-state index contributed by atoms with van der Waals surface area (Å²) in [6.45, 7) is 6.40. The molecular weight excluding hydrogens is 292 g/mol. The number of esters is 1. The molecule has 1 aliphatic rings. The highest BCUT2D eigenvalue weighted by Crippen LogP contribution is 2.23. The zero-order chi connectivity index (χ0) is 15.8. The molecule has 0 N–H and O–H groups in total. The number of sulfonamides is 1. The fraction of sp³-hybridized carbons (Fsp3) is 0.643. The van der Waals surface area contributed by atoms with Crippen molar-refractivity contribution in [3.05, 3.63) is 18.0 Å². The number of hydrogen-bond donors (Lipinski definition) is 0. The quantitative estimate of drug-likeness (QED) is 0.797. The number of aromatic nitrogens is 1. The monoisotopic (exact) mass is 314 g/mol. The van der Waals surface area contributed by atoms with Crippen LogP contribution >= 0.6 is 0 Å². The van der Waals surface area contributed by atoms with Gasteiger partial charge in [-0.15, -0.1) is 0 Å². The van der Waals surface area contributed by atoms with Gasteiger partial charge in [-0.1, -0.05) is 0 Å². The molecule has 0 atom stereocenters. The third-order valence-electron chi connectivity index (χ3n) is 3.29. The first-order chi connectivity index (χ1) is 9.61. The minimum atomic E-state index is -3.51. The van der Waals surface area contributed by atoms with Crippen molar-refractivity contribution in [3.8, 4) is 0 Å². The van der Waals surface area contributed by atoms with Gasteiger partial charge < -0.3 is 9.30 Å². The Bertz CT molecular complexity index is 634. The number of hydrogen-bond acceptors (Lipinski definition) is 4. The lowest BCUT2D eigenvalue weighted by atomic mass is 10.2. The fourth-order valence-corrected chi connectivity index (χ4v) is 3.88. The van der Waals surface area contributed by atoms with Crippen molar-refractivity contribution >= 4 is 16.0 Å². The van der Waals surface area contributed by atoms with Gasteiger partial charge in [0.1, 0.15) is 16.2 Å². The predicted molar refractivity (Wildman–Crippen MR) is 78.6 cm³/mol. The zero-order valence-electron chi connectivity index (χ0n) is 12.9. The van der Waals surface area contributed by atoms with E-state index in [-0.39, 0.29) is 10.6 Å². The number of aryl methyl sites for hydroxylation is 1. The van der Waals surface area contributed by atoms with Crippen molar-refractivity contribution in [2.75, 3.05) is 13.1 Å². The summed E-state index contributed by atoms with van der Waals surface area (Å²) in [6.07, 6.45) is 3.23. The van der Waals surface area contributed by atoms with Gasteiger partial charge in [0.2, 0.25) is 10.0 Å². The van der Waals surface area contributed by atoms with Crippen LogP contribution in [0.1, 0.15) is 44.1 Å². The van der Waals surface area contributed by atoms with Gasteiger partial charge in [-0.3, -0.25) is 0 Å². The topological polar surface area (TPSA) is 68.6 Å². The summed E-state index contributed by atoms with van der Waals surface area (Å²) in [5.74, 6) is -0.520. The molecule has 1 aromatic heterocycles. The fourth-order valence-electron chi connectivity index (χ4n) is 2.29. The van der Waals surface area contributed by atoms with Gasteiger partial charge in [0.15, 0.2) is 0 Å². The smallest absolute Gasteiger partial charge is 0.355 e. The van der Waals surface area contributed by atoms with Crippen LogP contribution in [0.3, 0.4) is 0 Å². The van der Waals surface area contributed by atoms with Crippen molar-refractivity contribution in [2.24, 2.45) is 7.05 Å². The number of ether oxygens (including phenoxy) is 1. The SMILES string of the molecule is Cn1cc(S(=O)(=O)N2CCCC2)cc1C(=O)OC(C)(C)C. The van der Waals surface area contributed by atoms with Crippen LogP contribution in [0.2, 0.25) is 0 Å². The predicted octanol–water partition coefficient (Wildman–Crippen LogP) is 1.76. The van der Waals surface area contributed by atoms with Crippen LogP contribution < -0.4 is 0 Å². The van der Waals surface area contributed by atoms with Crippen molar-refractivity contribution in [1.82, 2.24) is 8.87 Å². The highest BCUT2D eigenvalue weighted by Gasteiger charge is 2.30. The summed E-state index contributed by atoms with van der Waals surface area (Å²) in [5.41, 5.74) is -0.377.